The Kier molecular flexibility index (Phi) is 9.25. The molecule has 0 fully saturated rings. The fourth-order valence-electron chi connectivity index (χ4n) is 1.79. The summed E-state index contributed by atoms with van der Waals surface area (Å²) < 4.78 is 38.5. The minimum absolute atomic E-state index is 0.327. The van der Waals surface area contributed by atoms with E-state index in [0.29, 0.717) is 12.1 Å². The highest BCUT2D eigenvalue weighted by Crippen LogP contribution is 2.32. The molecule has 0 bridgehead atoms. The first-order chi connectivity index (χ1) is 9.49. The van der Waals surface area contributed by atoms with E-state index in [9.17, 15) is 13.2 Å². The fraction of sp³-hybridized carbons (Fsp3) is 0.600. The third-order valence-corrected chi connectivity index (χ3v) is 2.84. The number of halogens is 3. The van der Waals surface area contributed by atoms with Crippen molar-refractivity contribution in [2.24, 2.45) is 0 Å². The van der Waals surface area contributed by atoms with Crippen LogP contribution in [0.1, 0.15) is 31.9 Å². The van der Waals surface area contributed by atoms with Crippen molar-refractivity contribution in [1.82, 2.24) is 10.2 Å². The average molecular weight is 290 g/mol. The third-order valence-electron chi connectivity index (χ3n) is 2.84. The molecule has 0 saturated heterocycles. The second kappa shape index (κ2) is 9.77. The highest BCUT2D eigenvalue weighted by Gasteiger charge is 2.33. The lowest BCUT2D eigenvalue weighted by Crippen LogP contribution is -2.31. The number of nitrogens with one attached hydrogen (secondary N) is 1. The minimum atomic E-state index is -4.28. The van der Waals surface area contributed by atoms with Crippen molar-refractivity contribution in [1.29, 1.82) is 0 Å². The molecule has 0 aliphatic heterocycles. The van der Waals surface area contributed by atoms with Crippen LogP contribution in [-0.2, 0) is 12.7 Å². The smallest absolute Gasteiger partial charge is 0.318 e. The molecule has 0 atom stereocenters. The van der Waals surface area contributed by atoms with Crippen LogP contribution in [0.3, 0.4) is 0 Å². The van der Waals surface area contributed by atoms with Gasteiger partial charge in [0.15, 0.2) is 0 Å². The highest BCUT2D eigenvalue weighted by molar-refractivity contribution is 5.29. The Hall–Kier alpha value is -1.07. The van der Waals surface area contributed by atoms with Crippen LogP contribution in [0.2, 0.25) is 0 Å². The largest absolute Gasteiger partial charge is 0.416 e. The van der Waals surface area contributed by atoms with E-state index >= 15 is 0 Å². The van der Waals surface area contributed by atoms with Gasteiger partial charge in [0.25, 0.3) is 0 Å². The number of benzene rings is 1. The summed E-state index contributed by atoms with van der Waals surface area (Å²) in [7, 11) is 1.83. The normalized spacial score (nSPS) is 11.2. The molecule has 0 aromatic heterocycles. The van der Waals surface area contributed by atoms with Gasteiger partial charge in [-0.1, -0.05) is 39.0 Å². The molecular formula is C15H25F3N2. The molecule has 2 nitrogen and oxygen atoms in total. The minimum Gasteiger partial charge on any atom is -0.318 e. The monoisotopic (exact) mass is 290 g/mol. The number of hydrogen-bond donors (Lipinski definition) is 1. The molecule has 0 amide bonds. The zero-order valence-electron chi connectivity index (χ0n) is 12.7. The summed E-state index contributed by atoms with van der Waals surface area (Å²) in [5, 5.41) is 3.00. The topological polar surface area (TPSA) is 15.3 Å². The molecule has 0 aliphatic rings. The maximum atomic E-state index is 12.8. The molecule has 1 N–H and O–H groups in total. The van der Waals surface area contributed by atoms with Crippen LogP contribution >= 0.6 is 0 Å². The Bertz CT molecular complexity index is 364. The number of hydrogen-bond acceptors (Lipinski definition) is 2. The molecule has 0 unspecified atom stereocenters. The zero-order chi connectivity index (χ0) is 15.6. The van der Waals surface area contributed by atoms with Crippen molar-refractivity contribution < 1.29 is 13.2 Å². The van der Waals surface area contributed by atoms with Crippen LogP contribution in [-0.4, -0.2) is 31.6 Å². The van der Waals surface area contributed by atoms with Crippen molar-refractivity contribution >= 4 is 0 Å². The molecule has 0 heterocycles. The summed E-state index contributed by atoms with van der Waals surface area (Å²) in [4.78, 5) is 1.99. The van der Waals surface area contributed by atoms with Crippen LogP contribution in [0.5, 0.6) is 0 Å². The van der Waals surface area contributed by atoms with Crippen molar-refractivity contribution in [3.63, 3.8) is 0 Å². The Morgan fingerprint density at radius 2 is 1.75 bits per heavy atom. The Morgan fingerprint density at radius 3 is 2.25 bits per heavy atom. The van der Waals surface area contributed by atoms with E-state index in [2.05, 4.69) is 5.32 Å². The lowest BCUT2D eigenvalue weighted by atomic mass is 10.1. The molecule has 1 rings (SSSR count). The molecule has 0 aliphatic carbocycles. The number of nitrogens with zero attached hydrogens (tertiary/aromatic N) is 1. The Morgan fingerprint density at radius 1 is 1.15 bits per heavy atom. The van der Waals surface area contributed by atoms with Crippen molar-refractivity contribution in [3.8, 4) is 0 Å². The standard InChI is InChI=1S/C13H19F3N2.C2H6/c1-3-18(9-8-17-2)10-11-6-4-5-7-12(11)13(14,15)16;1-2/h4-7,17H,3,8-10H2,1-2H3;1-2H3. The van der Waals surface area contributed by atoms with Gasteiger partial charge in [-0.05, 0) is 25.2 Å². The van der Waals surface area contributed by atoms with Gasteiger partial charge in [0.2, 0.25) is 0 Å². The van der Waals surface area contributed by atoms with E-state index in [1.807, 2.05) is 32.7 Å². The lowest BCUT2D eigenvalue weighted by Gasteiger charge is -2.22. The van der Waals surface area contributed by atoms with Gasteiger partial charge in [-0.3, -0.25) is 4.90 Å². The van der Waals surface area contributed by atoms with Gasteiger partial charge in [0, 0.05) is 19.6 Å². The first-order valence-electron chi connectivity index (χ1n) is 7.01. The first kappa shape index (κ1) is 18.9. The average Bonchev–Trinajstić information content (AvgIpc) is 2.45. The highest BCUT2D eigenvalue weighted by atomic mass is 19.4. The van der Waals surface area contributed by atoms with E-state index in [4.69, 9.17) is 0 Å². The van der Waals surface area contributed by atoms with Gasteiger partial charge in [-0.25, -0.2) is 0 Å². The van der Waals surface area contributed by atoms with Gasteiger partial charge in [0.1, 0.15) is 0 Å². The predicted molar refractivity (Wildman–Crippen MR) is 77.7 cm³/mol. The van der Waals surface area contributed by atoms with E-state index in [0.717, 1.165) is 25.7 Å². The van der Waals surface area contributed by atoms with E-state index in [-0.39, 0.29) is 0 Å². The van der Waals surface area contributed by atoms with Crippen molar-refractivity contribution in [2.75, 3.05) is 26.7 Å². The lowest BCUT2D eigenvalue weighted by molar-refractivity contribution is -0.138. The number of rotatable bonds is 6. The Labute approximate surface area is 120 Å². The second-order valence-electron chi connectivity index (χ2n) is 4.13. The van der Waals surface area contributed by atoms with Crippen molar-refractivity contribution in [2.45, 2.75) is 33.5 Å². The van der Waals surface area contributed by atoms with Crippen LogP contribution in [0.25, 0.3) is 0 Å². The van der Waals surface area contributed by atoms with E-state index in [1.54, 1.807) is 12.1 Å². The van der Waals surface area contributed by atoms with Gasteiger partial charge < -0.3 is 5.32 Å². The molecule has 1 aromatic rings. The van der Waals surface area contributed by atoms with E-state index in [1.165, 1.54) is 6.07 Å². The number of alkyl halides is 3. The first-order valence-corrected chi connectivity index (χ1v) is 7.01. The van der Waals surface area contributed by atoms with Crippen LogP contribution in [0.15, 0.2) is 24.3 Å². The molecule has 116 valence electrons. The van der Waals surface area contributed by atoms with Crippen LogP contribution in [0.4, 0.5) is 13.2 Å². The summed E-state index contributed by atoms with van der Waals surface area (Å²) in [6.45, 7) is 8.51. The second-order valence-corrected chi connectivity index (χ2v) is 4.13. The number of likely N-dealkylation sites (N-methyl/N-ethyl adjacent to an activating group) is 2. The van der Waals surface area contributed by atoms with Gasteiger partial charge >= 0.3 is 6.18 Å². The summed E-state index contributed by atoms with van der Waals surface area (Å²) in [5.74, 6) is 0. The molecule has 1 aromatic carbocycles. The molecule has 0 spiro atoms. The fourth-order valence-corrected chi connectivity index (χ4v) is 1.79. The third kappa shape index (κ3) is 6.39. The maximum absolute atomic E-state index is 12.8. The SMILES string of the molecule is CC.CCN(CCNC)Cc1ccccc1C(F)(F)F. The molecule has 20 heavy (non-hydrogen) atoms. The van der Waals surface area contributed by atoms with Crippen LogP contribution in [0, 0.1) is 0 Å². The van der Waals surface area contributed by atoms with Crippen molar-refractivity contribution in [3.05, 3.63) is 35.4 Å². The quantitative estimate of drug-likeness (QED) is 0.858. The van der Waals surface area contributed by atoms with Gasteiger partial charge in [-0.2, -0.15) is 13.2 Å². The molecule has 0 radical (unpaired) electrons. The summed E-state index contributed by atoms with van der Waals surface area (Å²) in [6, 6.07) is 5.76. The summed E-state index contributed by atoms with van der Waals surface area (Å²) >= 11 is 0. The van der Waals surface area contributed by atoms with Crippen LogP contribution < -0.4 is 5.32 Å². The van der Waals surface area contributed by atoms with Gasteiger partial charge in [-0.15, -0.1) is 0 Å². The maximum Gasteiger partial charge on any atom is 0.416 e. The zero-order valence-corrected chi connectivity index (χ0v) is 12.7. The molecule has 0 saturated carbocycles. The van der Waals surface area contributed by atoms with E-state index < -0.39 is 11.7 Å². The predicted octanol–water partition coefficient (Wildman–Crippen LogP) is 3.77. The summed E-state index contributed by atoms with van der Waals surface area (Å²) in [6.07, 6.45) is -4.28. The van der Waals surface area contributed by atoms with Gasteiger partial charge in [0.05, 0.1) is 5.56 Å². The molecule has 5 heteroatoms. The Balaban J connectivity index is 0.00000172. The molecular weight excluding hydrogens is 265 g/mol. The summed E-state index contributed by atoms with van der Waals surface area (Å²) in [5.41, 5.74) is -0.198.